The van der Waals surface area contributed by atoms with Crippen molar-refractivity contribution in [3.63, 3.8) is 0 Å². The molecule has 0 saturated heterocycles. The van der Waals surface area contributed by atoms with Crippen molar-refractivity contribution < 1.29 is 14.6 Å². The largest absolute Gasteiger partial charge is 0.497 e. The van der Waals surface area contributed by atoms with Crippen LogP contribution in [0.3, 0.4) is 0 Å². The van der Waals surface area contributed by atoms with Crippen molar-refractivity contribution in [1.82, 2.24) is 5.32 Å². The summed E-state index contributed by atoms with van der Waals surface area (Å²) in [6.45, 7) is 1.42. The number of methoxy groups -OCH3 is 1. The Labute approximate surface area is 108 Å². The highest BCUT2D eigenvalue weighted by atomic mass is 16.6. The Balaban J connectivity index is 2.33. The molecule has 1 aromatic rings. The monoisotopic (exact) mass is 251 g/mol. The molecule has 0 radical (unpaired) electrons. The molecule has 0 fully saturated rings. The zero-order valence-electron chi connectivity index (χ0n) is 10.9. The Morgan fingerprint density at radius 3 is 2.67 bits per heavy atom. The summed E-state index contributed by atoms with van der Waals surface area (Å²) in [5.41, 5.74) is 0.994. The third-order valence-electron chi connectivity index (χ3n) is 2.43. The molecule has 1 aromatic carbocycles. The Kier molecular flexibility index (Phi) is 7.10. The lowest BCUT2D eigenvalue weighted by Crippen LogP contribution is -2.14. The van der Waals surface area contributed by atoms with Gasteiger partial charge in [0.1, 0.15) is 5.75 Å². The molecule has 0 aromatic heterocycles. The second-order valence-corrected chi connectivity index (χ2v) is 3.85. The molecular weight excluding hydrogens is 230 g/mol. The molecule has 0 spiro atoms. The van der Waals surface area contributed by atoms with Gasteiger partial charge < -0.3 is 19.9 Å². The van der Waals surface area contributed by atoms with E-state index < -0.39 is 6.29 Å². The van der Waals surface area contributed by atoms with Gasteiger partial charge in [0.25, 0.3) is 0 Å². The summed E-state index contributed by atoms with van der Waals surface area (Å²) in [6.07, 6.45) is 3.47. The third kappa shape index (κ3) is 5.82. The maximum atomic E-state index is 9.56. The Morgan fingerprint density at radius 1 is 1.33 bits per heavy atom. The number of benzene rings is 1. The van der Waals surface area contributed by atoms with Gasteiger partial charge in [0.2, 0.25) is 0 Å². The number of aliphatic hydroxyl groups is 1. The van der Waals surface area contributed by atoms with Gasteiger partial charge in [-0.3, -0.25) is 0 Å². The van der Waals surface area contributed by atoms with Crippen LogP contribution in [-0.4, -0.2) is 38.7 Å². The SMILES string of the molecule is CNCCCOC(O)/C=C/c1ccc(OC)cc1. The smallest absolute Gasteiger partial charge is 0.174 e. The van der Waals surface area contributed by atoms with Gasteiger partial charge in [-0.05, 0) is 43.8 Å². The van der Waals surface area contributed by atoms with Crippen molar-refractivity contribution in [3.8, 4) is 5.75 Å². The molecule has 0 bridgehead atoms. The molecule has 0 aliphatic heterocycles. The van der Waals surface area contributed by atoms with Gasteiger partial charge in [0.05, 0.1) is 13.7 Å². The summed E-state index contributed by atoms with van der Waals surface area (Å²) >= 11 is 0. The molecule has 1 unspecified atom stereocenters. The normalized spacial score (nSPS) is 12.8. The Morgan fingerprint density at radius 2 is 2.06 bits per heavy atom. The van der Waals surface area contributed by atoms with Crippen LogP contribution in [0.1, 0.15) is 12.0 Å². The summed E-state index contributed by atoms with van der Waals surface area (Å²) < 4.78 is 10.3. The Bertz CT molecular complexity index is 349. The van der Waals surface area contributed by atoms with Crippen LogP contribution < -0.4 is 10.1 Å². The number of ether oxygens (including phenoxy) is 2. The second kappa shape index (κ2) is 8.69. The summed E-state index contributed by atoms with van der Waals surface area (Å²) in [4.78, 5) is 0. The molecule has 18 heavy (non-hydrogen) atoms. The Hall–Kier alpha value is -1.36. The number of aliphatic hydroxyl groups excluding tert-OH is 1. The van der Waals surface area contributed by atoms with Crippen molar-refractivity contribution >= 4 is 6.08 Å². The molecule has 0 amide bonds. The highest BCUT2D eigenvalue weighted by molar-refractivity contribution is 5.50. The molecule has 4 nitrogen and oxygen atoms in total. The van der Waals surface area contributed by atoms with Crippen molar-refractivity contribution in [3.05, 3.63) is 35.9 Å². The minimum Gasteiger partial charge on any atom is -0.497 e. The molecule has 1 atom stereocenters. The predicted octanol–water partition coefficient (Wildman–Crippen LogP) is 1.65. The third-order valence-corrected chi connectivity index (χ3v) is 2.43. The van der Waals surface area contributed by atoms with Crippen LogP contribution in [0.15, 0.2) is 30.3 Å². The van der Waals surface area contributed by atoms with Gasteiger partial charge in [-0.2, -0.15) is 0 Å². The van der Waals surface area contributed by atoms with Gasteiger partial charge in [-0.25, -0.2) is 0 Å². The van der Waals surface area contributed by atoms with E-state index in [0.29, 0.717) is 6.61 Å². The van der Waals surface area contributed by atoms with Gasteiger partial charge in [0.15, 0.2) is 6.29 Å². The summed E-state index contributed by atoms with van der Waals surface area (Å²) in [5, 5.41) is 12.6. The predicted molar refractivity (Wildman–Crippen MR) is 72.5 cm³/mol. The average molecular weight is 251 g/mol. The first kappa shape index (κ1) is 14.7. The molecule has 0 aliphatic rings. The summed E-state index contributed by atoms with van der Waals surface area (Å²) in [6, 6.07) is 7.59. The number of hydrogen-bond acceptors (Lipinski definition) is 4. The highest BCUT2D eigenvalue weighted by Crippen LogP contribution is 2.12. The summed E-state index contributed by atoms with van der Waals surface area (Å²) in [7, 11) is 3.52. The quantitative estimate of drug-likeness (QED) is 0.545. The van der Waals surface area contributed by atoms with Crippen molar-refractivity contribution in [2.45, 2.75) is 12.7 Å². The van der Waals surface area contributed by atoms with Crippen molar-refractivity contribution in [1.29, 1.82) is 0 Å². The van der Waals surface area contributed by atoms with E-state index >= 15 is 0 Å². The van der Waals surface area contributed by atoms with Gasteiger partial charge >= 0.3 is 0 Å². The highest BCUT2D eigenvalue weighted by Gasteiger charge is 1.98. The minimum absolute atomic E-state index is 0.537. The molecule has 4 heteroatoms. The number of nitrogens with one attached hydrogen (secondary N) is 1. The topological polar surface area (TPSA) is 50.7 Å². The molecule has 2 N–H and O–H groups in total. The molecular formula is C14H21NO3. The fourth-order valence-corrected chi connectivity index (χ4v) is 1.42. The zero-order chi connectivity index (χ0) is 13.2. The lowest BCUT2D eigenvalue weighted by atomic mass is 10.2. The van der Waals surface area contributed by atoms with E-state index in [1.165, 1.54) is 0 Å². The first-order valence-electron chi connectivity index (χ1n) is 6.03. The van der Waals surface area contributed by atoms with Crippen LogP contribution in [0.5, 0.6) is 5.75 Å². The molecule has 0 aliphatic carbocycles. The van der Waals surface area contributed by atoms with E-state index in [1.54, 1.807) is 13.2 Å². The maximum Gasteiger partial charge on any atom is 0.174 e. The van der Waals surface area contributed by atoms with E-state index in [1.807, 2.05) is 37.4 Å². The van der Waals surface area contributed by atoms with Gasteiger partial charge in [-0.1, -0.05) is 18.2 Å². The lowest BCUT2D eigenvalue weighted by Gasteiger charge is -2.07. The zero-order valence-corrected chi connectivity index (χ0v) is 10.9. The fraction of sp³-hybridized carbons (Fsp3) is 0.429. The standard InChI is InChI=1S/C14H21NO3/c1-15-10-3-11-18-14(16)9-6-12-4-7-13(17-2)8-5-12/h4-9,14-16H,3,10-11H2,1-2H3/b9-6+. The van der Waals surface area contributed by atoms with Crippen LogP contribution >= 0.6 is 0 Å². The number of rotatable bonds is 8. The van der Waals surface area contributed by atoms with Crippen molar-refractivity contribution in [2.75, 3.05) is 27.3 Å². The lowest BCUT2D eigenvalue weighted by molar-refractivity contribution is -0.0638. The van der Waals surface area contributed by atoms with Crippen LogP contribution in [0, 0.1) is 0 Å². The fourth-order valence-electron chi connectivity index (χ4n) is 1.42. The van der Waals surface area contributed by atoms with Crippen LogP contribution in [0.25, 0.3) is 6.08 Å². The maximum absolute atomic E-state index is 9.56. The van der Waals surface area contributed by atoms with E-state index in [-0.39, 0.29) is 0 Å². The summed E-state index contributed by atoms with van der Waals surface area (Å²) in [5.74, 6) is 0.816. The van der Waals surface area contributed by atoms with Crippen LogP contribution in [0.2, 0.25) is 0 Å². The number of hydrogen-bond donors (Lipinski definition) is 2. The van der Waals surface area contributed by atoms with Crippen LogP contribution in [-0.2, 0) is 4.74 Å². The van der Waals surface area contributed by atoms with E-state index in [0.717, 1.165) is 24.3 Å². The molecule has 1 rings (SSSR count). The van der Waals surface area contributed by atoms with E-state index in [2.05, 4.69) is 5.32 Å². The average Bonchev–Trinajstić information content (AvgIpc) is 2.42. The van der Waals surface area contributed by atoms with E-state index in [4.69, 9.17) is 9.47 Å². The first-order valence-corrected chi connectivity index (χ1v) is 6.03. The van der Waals surface area contributed by atoms with Gasteiger partial charge in [-0.15, -0.1) is 0 Å². The van der Waals surface area contributed by atoms with Crippen LogP contribution in [0.4, 0.5) is 0 Å². The molecule has 0 saturated carbocycles. The first-order chi connectivity index (χ1) is 8.76. The second-order valence-electron chi connectivity index (χ2n) is 3.85. The molecule has 100 valence electrons. The molecule has 0 heterocycles. The minimum atomic E-state index is -0.857. The van der Waals surface area contributed by atoms with E-state index in [9.17, 15) is 5.11 Å². The van der Waals surface area contributed by atoms with Crippen molar-refractivity contribution in [2.24, 2.45) is 0 Å². The van der Waals surface area contributed by atoms with Gasteiger partial charge in [0, 0.05) is 0 Å².